The van der Waals surface area contributed by atoms with Crippen LogP contribution in [0.4, 0.5) is 11.4 Å². The van der Waals surface area contributed by atoms with Crippen LogP contribution in [0.5, 0.6) is 0 Å². The molecular formula is C24H29N7O2. The molecule has 3 heterocycles. The minimum Gasteiger partial charge on any atom is -0.393 e. The molecule has 1 atom stereocenters. The first-order valence-corrected chi connectivity index (χ1v) is 11.4. The third-order valence-corrected chi connectivity index (χ3v) is 6.26. The van der Waals surface area contributed by atoms with Crippen molar-refractivity contribution in [3.05, 3.63) is 47.5 Å². The van der Waals surface area contributed by atoms with Crippen LogP contribution in [0.25, 0.3) is 11.0 Å². The summed E-state index contributed by atoms with van der Waals surface area (Å²) in [5.41, 5.74) is 5.20. The number of nitrogens with one attached hydrogen (secondary N) is 2. The van der Waals surface area contributed by atoms with Gasteiger partial charge < -0.3 is 20.6 Å². The lowest BCUT2D eigenvalue weighted by Gasteiger charge is -2.34. The van der Waals surface area contributed by atoms with Crippen LogP contribution in [0, 0.1) is 0 Å². The molecule has 1 unspecified atom stereocenters. The van der Waals surface area contributed by atoms with E-state index < -0.39 is 5.79 Å². The van der Waals surface area contributed by atoms with Gasteiger partial charge in [0.15, 0.2) is 0 Å². The van der Waals surface area contributed by atoms with E-state index in [1.165, 1.54) is 0 Å². The first-order valence-electron chi connectivity index (χ1n) is 11.4. The van der Waals surface area contributed by atoms with Crippen molar-refractivity contribution in [2.45, 2.75) is 51.5 Å². The maximum Gasteiger partial charge on any atom is 0.253 e. The summed E-state index contributed by atoms with van der Waals surface area (Å²) in [5, 5.41) is 25.3. The number of likely N-dealkylation sites (tertiary alicyclic amines) is 1. The molecule has 2 aliphatic heterocycles. The van der Waals surface area contributed by atoms with Gasteiger partial charge in [0.25, 0.3) is 5.91 Å². The number of amides is 1. The van der Waals surface area contributed by atoms with Gasteiger partial charge in [0.2, 0.25) is 5.79 Å². The summed E-state index contributed by atoms with van der Waals surface area (Å²) in [6, 6.07) is 11.6. The Morgan fingerprint density at radius 1 is 1.18 bits per heavy atom. The molecule has 1 fully saturated rings. The predicted octanol–water partition coefficient (Wildman–Crippen LogP) is 3.24. The zero-order chi connectivity index (χ0) is 23.2. The van der Waals surface area contributed by atoms with E-state index in [1.54, 1.807) is 4.90 Å². The number of hydrogen-bond acceptors (Lipinski definition) is 7. The van der Waals surface area contributed by atoms with Gasteiger partial charge in [-0.15, -0.1) is 5.10 Å². The van der Waals surface area contributed by atoms with Crippen molar-refractivity contribution in [2.24, 2.45) is 4.99 Å². The maximum atomic E-state index is 12.8. The number of anilines is 2. The number of aliphatic imine (C=N–C) groups is 1. The molecule has 3 aromatic rings. The number of nitrogens with zero attached hydrogens (tertiary/aromatic N) is 5. The number of piperidine rings is 1. The van der Waals surface area contributed by atoms with Crippen molar-refractivity contribution < 1.29 is 9.90 Å². The minimum atomic E-state index is -0.776. The highest BCUT2D eigenvalue weighted by atomic mass is 16.3. The van der Waals surface area contributed by atoms with Gasteiger partial charge in [-0.1, -0.05) is 5.21 Å². The molecule has 0 aliphatic carbocycles. The number of fused-ring (bicyclic) bond motifs is 3. The van der Waals surface area contributed by atoms with Crippen molar-refractivity contribution in [3.63, 3.8) is 0 Å². The molecule has 9 heteroatoms. The van der Waals surface area contributed by atoms with Gasteiger partial charge in [-0.05, 0) is 70.0 Å². The highest BCUT2D eigenvalue weighted by Gasteiger charge is 2.29. The first-order chi connectivity index (χ1) is 15.8. The number of aliphatic hydroxyl groups is 1. The quantitative estimate of drug-likeness (QED) is 0.567. The van der Waals surface area contributed by atoms with E-state index in [2.05, 4.69) is 34.8 Å². The summed E-state index contributed by atoms with van der Waals surface area (Å²) in [6.45, 7) is 7.30. The second kappa shape index (κ2) is 8.15. The Hall–Kier alpha value is -3.46. The van der Waals surface area contributed by atoms with E-state index in [4.69, 9.17) is 4.99 Å². The minimum absolute atomic E-state index is 0.000703. The molecule has 0 spiro atoms. The Kier molecular flexibility index (Phi) is 5.28. The summed E-state index contributed by atoms with van der Waals surface area (Å²) in [4.78, 5) is 19.3. The van der Waals surface area contributed by atoms with E-state index in [0.717, 1.165) is 28.0 Å². The van der Waals surface area contributed by atoms with E-state index >= 15 is 0 Å². The maximum absolute atomic E-state index is 12.8. The molecule has 0 saturated carbocycles. The topological polar surface area (TPSA) is 108 Å². The van der Waals surface area contributed by atoms with Crippen molar-refractivity contribution >= 4 is 34.5 Å². The summed E-state index contributed by atoms with van der Waals surface area (Å²) in [5.74, 6) is -0.777. The van der Waals surface area contributed by atoms with Crippen LogP contribution in [0.15, 0.2) is 41.4 Å². The third-order valence-electron chi connectivity index (χ3n) is 6.26. The Morgan fingerprint density at radius 3 is 2.61 bits per heavy atom. The van der Waals surface area contributed by atoms with Crippen LogP contribution >= 0.6 is 0 Å². The van der Waals surface area contributed by atoms with Gasteiger partial charge >= 0.3 is 0 Å². The molecule has 3 N–H and O–H groups in total. The fourth-order valence-corrected chi connectivity index (χ4v) is 4.42. The number of aromatic nitrogens is 3. The van der Waals surface area contributed by atoms with Gasteiger partial charge in [0.05, 0.1) is 11.8 Å². The molecule has 9 nitrogen and oxygen atoms in total. The fourth-order valence-electron chi connectivity index (χ4n) is 4.42. The number of rotatable bonds is 4. The van der Waals surface area contributed by atoms with Gasteiger partial charge in [0, 0.05) is 42.2 Å². The van der Waals surface area contributed by atoms with Crippen LogP contribution in [-0.2, 0) is 0 Å². The molecular weight excluding hydrogens is 418 g/mol. The van der Waals surface area contributed by atoms with E-state index in [-0.39, 0.29) is 18.1 Å². The zero-order valence-electron chi connectivity index (χ0n) is 19.1. The SMILES string of the molecule is CC(C)n1nnc2ccc3c(c21)NC(C)(Nc1ccc(C(=O)N2CCC(O)CC2)cc1)N=C3. The number of carbonyl (C=O) groups is 1. The Morgan fingerprint density at radius 2 is 1.91 bits per heavy atom. The first kappa shape index (κ1) is 21.4. The molecule has 33 heavy (non-hydrogen) atoms. The van der Waals surface area contributed by atoms with Crippen LogP contribution in [0.2, 0.25) is 0 Å². The number of benzene rings is 2. The monoisotopic (exact) mass is 447 g/mol. The third kappa shape index (κ3) is 4.04. The highest BCUT2D eigenvalue weighted by Crippen LogP contribution is 2.33. The van der Waals surface area contributed by atoms with E-state index in [1.807, 2.05) is 54.2 Å². The van der Waals surface area contributed by atoms with Crippen molar-refractivity contribution in [3.8, 4) is 0 Å². The average Bonchev–Trinajstić information content (AvgIpc) is 3.25. The van der Waals surface area contributed by atoms with Crippen LogP contribution in [0.3, 0.4) is 0 Å². The lowest BCUT2D eigenvalue weighted by molar-refractivity contribution is 0.0546. The Balaban J connectivity index is 1.35. The predicted molar refractivity (Wildman–Crippen MR) is 129 cm³/mol. The number of hydrogen-bond donors (Lipinski definition) is 3. The molecule has 1 saturated heterocycles. The van der Waals surface area contributed by atoms with Gasteiger partial charge in [0.1, 0.15) is 11.0 Å². The average molecular weight is 448 g/mol. The standard InChI is InChI=1S/C24H29N7O2/c1-15(2)31-22-20(28-29-31)9-6-17-14-25-24(3,27-21(17)22)26-18-7-4-16(5-8-18)23(33)30-12-10-19(32)11-13-30/h4-9,14-15,19,26-27,32H,10-13H2,1-3H3. The van der Waals surface area contributed by atoms with Crippen molar-refractivity contribution in [1.29, 1.82) is 0 Å². The normalized spacial score (nSPS) is 20.7. The lowest BCUT2D eigenvalue weighted by atomic mass is 10.1. The zero-order valence-corrected chi connectivity index (χ0v) is 19.1. The number of aliphatic hydroxyl groups excluding tert-OH is 1. The van der Waals surface area contributed by atoms with Gasteiger partial charge in [-0.3, -0.25) is 4.79 Å². The fraction of sp³-hybridized carbons (Fsp3) is 0.417. The molecule has 1 aromatic heterocycles. The van der Waals surface area contributed by atoms with E-state index in [0.29, 0.717) is 31.5 Å². The Bertz CT molecular complexity index is 1210. The summed E-state index contributed by atoms with van der Waals surface area (Å²) in [6.07, 6.45) is 2.82. The largest absolute Gasteiger partial charge is 0.393 e. The second-order valence-corrected chi connectivity index (χ2v) is 9.21. The Labute approximate surface area is 192 Å². The molecule has 0 radical (unpaired) electrons. The van der Waals surface area contributed by atoms with Gasteiger partial charge in [-0.25, -0.2) is 9.67 Å². The highest BCUT2D eigenvalue weighted by molar-refractivity contribution is 6.02. The summed E-state index contributed by atoms with van der Waals surface area (Å²) >= 11 is 0. The molecule has 2 aromatic carbocycles. The summed E-state index contributed by atoms with van der Waals surface area (Å²) in [7, 11) is 0. The van der Waals surface area contributed by atoms with Crippen LogP contribution in [-0.4, -0.2) is 62.1 Å². The van der Waals surface area contributed by atoms with E-state index in [9.17, 15) is 9.90 Å². The molecule has 5 rings (SSSR count). The smallest absolute Gasteiger partial charge is 0.253 e. The molecule has 2 aliphatic rings. The second-order valence-electron chi connectivity index (χ2n) is 9.21. The molecule has 0 bridgehead atoms. The van der Waals surface area contributed by atoms with Crippen LogP contribution in [0.1, 0.15) is 55.6 Å². The van der Waals surface area contributed by atoms with Crippen LogP contribution < -0.4 is 10.6 Å². The molecule has 172 valence electrons. The van der Waals surface area contributed by atoms with Crippen molar-refractivity contribution in [2.75, 3.05) is 23.7 Å². The number of carbonyl (C=O) groups excluding carboxylic acids is 1. The van der Waals surface area contributed by atoms with Gasteiger partial charge in [-0.2, -0.15) is 0 Å². The molecule has 1 amide bonds. The lowest BCUT2D eigenvalue weighted by Crippen LogP contribution is -2.43. The summed E-state index contributed by atoms with van der Waals surface area (Å²) < 4.78 is 1.92. The van der Waals surface area contributed by atoms with Crippen molar-refractivity contribution in [1.82, 2.24) is 19.9 Å².